The largest absolute Gasteiger partial charge is 0.367 e. The first-order valence-electron chi connectivity index (χ1n) is 10.7. The van der Waals surface area contributed by atoms with Crippen LogP contribution in [0.1, 0.15) is 25.6 Å². The Bertz CT molecular complexity index is 1360. The van der Waals surface area contributed by atoms with Crippen LogP contribution in [0, 0.1) is 0 Å². The predicted octanol–water partition coefficient (Wildman–Crippen LogP) is 3.96. The Morgan fingerprint density at radius 3 is 2.42 bits per heavy atom. The Morgan fingerprint density at radius 1 is 0.935 bits per heavy atom. The van der Waals surface area contributed by atoms with Crippen LogP contribution >= 0.6 is 0 Å². The van der Waals surface area contributed by atoms with Gasteiger partial charge in [0.1, 0.15) is 11.3 Å². The third-order valence-corrected chi connectivity index (χ3v) is 7.66. The number of fused-ring (bicyclic) bond motifs is 2. The lowest BCUT2D eigenvalue weighted by Crippen LogP contribution is -2.43. The SMILES string of the molecule is CC(C)c1nc2c(N3CCNCC3)cccc2n1S(=O)(=O)c1cccc2ccccc12. The molecule has 0 atom stereocenters. The van der Waals surface area contributed by atoms with Crippen molar-refractivity contribution in [1.29, 1.82) is 0 Å². The maximum atomic E-state index is 14.0. The molecule has 5 rings (SSSR count). The first kappa shape index (κ1) is 20.0. The molecule has 1 aliphatic heterocycles. The van der Waals surface area contributed by atoms with E-state index in [2.05, 4.69) is 10.2 Å². The van der Waals surface area contributed by atoms with Crippen LogP contribution in [0.15, 0.2) is 65.6 Å². The quantitative estimate of drug-likeness (QED) is 0.527. The molecule has 0 spiro atoms. The maximum absolute atomic E-state index is 14.0. The summed E-state index contributed by atoms with van der Waals surface area (Å²) in [6.45, 7) is 7.53. The molecule has 1 saturated heterocycles. The second-order valence-electron chi connectivity index (χ2n) is 8.25. The van der Waals surface area contributed by atoms with Gasteiger partial charge in [0.15, 0.2) is 0 Å². The van der Waals surface area contributed by atoms with Gasteiger partial charge in [-0.1, -0.05) is 56.3 Å². The molecule has 0 unspecified atom stereocenters. The third kappa shape index (κ3) is 3.28. The molecule has 3 aromatic carbocycles. The predicted molar refractivity (Wildman–Crippen MR) is 125 cm³/mol. The van der Waals surface area contributed by atoms with Crippen LogP contribution in [-0.2, 0) is 10.0 Å². The van der Waals surface area contributed by atoms with Crippen molar-refractivity contribution in [2.24, 2.45) is 0 Å². The van der Waals surface area contributed by atoms with E-state index < -0.39 is 10.0 Å². The molecule has 6 nitrogen and oxygen atoms in total. The van der Waals surface area contributed by atoms with Crippen LogP contribution in [0.2, 0.25) is 0 Å². The van der Waals surface area contributed by atoms with Crippen molar-refractivity contribution in [3.8, 4) is 0 Å². The van der Waals surface area contributed by atoms with E-state index >= 15 is 0 Å². The molecular formula is C24H26N4O2S. The van der Waals surface area contributed by atoms with Gasteiger partial charge in [-0.25, -0.2) is 17.4 Å². The van der Waals surface area contributed by atoms with Gasteiger partial charge in [-0.05, 0) is 23.6 Å². The fourth-order valence-electron chi connectivity index (χ4n) is 4.38. The van der Waals surface area contributed by atoms with Gasteiger partial charge in [0.2, 0.25) is 0 Å². The van der Waals surface area contributed by atoms with E-state index in [1.807, 2.05) is 62.4 Å². The average molecular weight is 435 g/mol. The molecule has 1 aromatic heterocycles. The number of para-hydroxylation sites is 1. The molecule has 0 saturated carbocycles. The van der Waals surface area contributed by atoms with Crippen LogP contribution < -0.4 is 10.2 Å². The summed E-state index contributed by atoms with van der Waals surface area (Å²) in [6, 6.07) is 18.9. The molecule has 0 bridgehead atoms. The molecule has 4 aromatic rings. The zero-order valence-electron chi connectivity index (χ0n) is 17.7. The molecule has 0 radical (unpaired) electrons. The van der Waals surface area contributed by atoms with Gasteiger partial charge in [-0.2, -0.15) is 0 Å². The lowest BCUT2D eigenvalue weighted by Gasteiger charge is -2.29. The topological polar surface area (TPSA) is 67.2 Å². The Labute approximate surface area is 182 Å². The number of benzene rings is 3. The van der Waals surface area contributed by atoms with Gasteiger partial charge in [0, 0.05) is 37.5 Å². The molecule has 160 valence electrons. The Morgan fingerprint density at radius 2 is 1.65 bits per heavy atom. The van der Waals surface area contributed by atoms with Crippen molar-refractivity contribution in [1.82, 2.24) is 14.3 Å². The molecule has 1 fully saturated rings. The van der Waals surface area contributed by atoms with Gasteiger partial charge in [0.25, 0.3) is 10.0 Å². The number of nitrogens with zero attached hydrogens (tertiary/aromatic N) is 3. The summed E-state index contributed by atoms with van der Waals surface area (Å²) in [5.41, 5.74) is 2.37. The van der Waals surface area contributed by atoms with Crippen molar-refractivity contribution >= 4 is 37.5 Å². The van der Waals surface area contributed by atoms with Crippen molar-refractivity contribution in [3.63, 3.8) is 0 Å². The number of hydrogen-bond donors (Lipinski definition) is 1. The number of rotatable bonds is 4. The van der Waals surface area contributed by atoms with E-state index in [1.165, 1.54) is 3.97 Å². The number of anilines is 1. The summed E-state index contributed by atoms with van der Waals surface area (Å²) >= 11 is 0. The van der Waals surface area contributed by atoms with Crippen LogP contribution in [-0.4, -0.2) is 43.6 Å². The highest BCUT2D eigenvalue weighted by Crippen LogP contribution is 2.34. The van der Waals surface area contributed by atoms with Crippen molar-refractivity contribution in [2.75, 3.05) is 31.1 Å². The zero-order chi connectivity index (χ0) is 21.6. The molecule has 7 heteroatoms. The standard InChI is InChI=1S/C24H26N4O2S/c1-17(2)24-26-23-20(27-15-13-25-14-16-27)10-6-11-21(23)28(24)31(29,30)22-12-5-8-18-7-3-4-9-19(18)22/h3-12,17,25H,13-16H2,1-2H3. The van der Waals surface area contributed by atoms with Crippen LogP contribution in [0.4, 0.5) is 5.69 Å². The normalized spacial score (nSPS) is 15.3. The number of hydrogen-bond acceptors (Lipinski definition) is 5. The molecule has 2 heterocycles. The smallest absolute Gasteiger partial charge is 0.270 e. The fourth-order valence-corrected chi connectivity index (χ4v) is 6.19. The van der Waals surface area contributed by atoms with E-state index in [1.54, 1.807) is 12.1 Å². The first-order chi connectivity index (χ1) is 15.0. The fraction of sp³-hybridized carbons (Fsp3) is 0.292. The Kier molecular flexibility index (Phi) is 4.95. The van der Waals surface area contributed by atoms with Crippen molar-refractivity contribution < 1.29 is 8.42 Å². The van der Waals surface area contributed by atoms with Gasteiger partial charge in [-0.15, -0.1) is 0 Å². The highest BCUT2D eigenvalue weighted by Gasteiger charge is 2.28. The van der Waals surface area contributed by atoms with Crippen molar-refractivity contribution in [3.05, 3.63) is 66.5 Å². The highest BCUT2D eigenvalue weighted by atomic mass is 32.2. The number of imidazole rings is 1. The Hall–Kier alpha value is -2.90. The number of piperazine rings is 1. The molecule has 0 amide bonds. The van der Waals surface area contributed by atoms with Gasteiger partial charge < -0.3 is 10.2 Å². The average Bonchev–Trinajstić information content (AvgIpc) is 3.20. The van der Waals surface area contributed by atoms with Crippen molar-refractivity contribution in [2.45, 2.75) is 24.7 Å². The second kappa shape index (κ2) is 7.66. The van der Waals surface area contributed by atoms with Gasteiger partial charge >= 0.3 is 0 Å². The zero-order valence-corrected chi connectivity index (χ0v) is 18.6. The Balaban J connectivity index is 1.78. The van der Waals surface area contributed by atoms with Crippen LogP contribution in [0.3, 0.4) is 0 Å². The minimum Gasteiger partial charge on any atom is -0.367 e. The summed E-state index contributed by atoms with van der Waals surface area (Å²) in [6.07, 6.45) is 0. The monoisotopic (exact) mass is 434 g/mol. The number of aromatic nitrogens is 2. The minimum atomic E-state index is -3.85. The maximum Gasteiger partial charge on any atom is 0.270 e. The van der Waals surface area contributed by atoms with Gasteiger partial charge in [0.05, 0.1) is 16.1 Å². The summed E-state index contributed by atoms with van der Waals surface area (Å²) in [4.78, 5) is 7.47. The highest BCUT2D eigenvalue weighted by molar-refractivity contribution is 7.90. The number of nitrogens with one attached hydrogen (secondary N) is 1. The van der Waals surface area contributed by atoms with E-state index in [-0.39, 0.29) is 5.92 Å². The lowest BCUT2D eigenvalue weighted by molar-refractivity contribution is 0.584. The van der Waals surface area contributed by atoms with E-state index in [0.717, 1.165) is 48.2 Å². The summed E-state index contributed by atoms with van der Waals surface area (Å²) in [5, 5.41) is 4.99. The molecule has 31 heavy (non-hydrogen) atoms. The minimum absolute atomic E-state index is 0.0481. The molecule has 1 aliphatic rings. The molecule has 0 aliphatic carbocycles. The van der Waals surface area contributed by atoms with Crippen LogP contribution in [0.5, 0.6) is 0 Å². The summed E-state index contributed by atoms with van der Waals surface area (Å²) < 4.78 is 29.5. The summed E-state index contributed by atoms with van der Waals surface area (Å²) in [7, 11) is -3.85. The first-order valence-corrected chi connectivity index (χ1v) is 12.1. The van der Waals surface area contributed by atoms with E-state index in [0.29, 0.717) is 16.2 Å². The molecular weight excluding hydrogens is 408 g/mol. The third-order valence-electron chi connectivity index (χ3n) is 5.89. The molecule has 1 N–H and O–H groups in total. The van der Waals surface area contributed by atoms with Gasteiger partial charge in [-0.3, -0.25) is 0 Å². The van der Waals surface area contributed by atoms with E-state index in [4.69, 9.17) is 4.98 Å². The van der Waals surface area contributed by atoms with E-state index in [9.17, 15) is 8.42 Å². The second-order valence-corrected chi connectivity index (χ2v) is 10.0. The lowest BCUT2D eigenvalue weighted by atomic mass is 10.1. The van der Waals surface area contributed by atoms with Crippen LogP contribution in [0.25, 0.3) is 21.8 Å². The summed E-state index contributed by atoms with van der Waals surface area (Å²) in [5.74, 6) is 0.513.